The number of hydrogen-bond acceptors (Lipinski definition) is 5. The van der Waals surface area contributed by atoms with Crippen molar-refractivity contribution in [1.29, 1.82) is 0 Å². The van der Waals surface area contributed by atoms with Crippen molar-refractivity contribution in [2.75, 3.05) is 0 Å². The second-order valence-corrected chi connectivity index (χ2v) is 5.07. The molecule has 1 aromatic carbocycles. The second kappa shape index (κ2) is 5.39. The van der Waals surface area contributed by atoms with Gasteiger partial charge in [0.2, 0.25) is 5.82 Å². The molecule has 0 aliphatic carbocycles. The highest BCUT2D eigenvalue weighted by atomic mass is 127. The Bertz CT molecular complexity index is 736. The molecular formula is C12H9IN6. The van der Waals surface area contributed by atoms with Crippen LogP contribution in [0.3, 0.4) is 0 Å². The summed E-state index contributed by atoms with van der Waals surface area (Å²) < 4.78 is 1.18. The number of nitrogens with one attached hydrogen (secondary N) is 1. The molecule has 19 heavy (non-hydrogen) atoms. The maximum Gasteiger partial charge on any atom is 0.203 e. The van der Waals surface area contributed by atoms with Crippen LogP contribution in [-0.4, -0.2) is 19.9 Å². The van der Waals surface area contributed by atoms with Crippen molar-refractivity contribution in [3.8, 4) is 0 Å². The molecule has 0 amide bonds. The van der Waals surface area contributed by atoms with E-state index in [0.717, 1.165) is 5.56 Å². The number of fused-ring (bicyclic) bond motifs is 1. The van der Waals surface area contributed by atoms with Crippen molar-refractivity contribution in [1.82, 2.24) is 19.9 Å². The van der Waals surface area contributed by atoms with Crippen LogP contribution in [0.25, 0.3) is 11.2 Å². The molecule has 0 saturated heterocycles. The molecule has 0 aliphatic rings. The van der Waals surface area contributed by atoms with Gasteiger partial charge in [-0.1, -0.05) is 12.1 Å². The van der Waals surface area contributed by atoms with Gasteiger partial charge in [-0.3, -0.25) is 0 Å². The fourth-order valence-electron chi connectivity index (χ4n) is 1.65. The van der Waals surface area contributed by atoms with Crippen LogP contribution in [0.4, 0.5) is 5.82 Å². The molecule has 1 N–H and O–H groups in total. The normalized spacial score (nSPS) is 11.4. The van der Waals surface area contributed by atoms with Crippen molar-refractivity contribution < 1.29 is 0 Å². The second-order valence-electron chi connectivity index (χ2n) is 3.83. The highest BCUT2D eigenvalue weighted by Gasteiger charge is 2.03. The van der Waals surface area contributed by atoms with Crippen LogP contribution in [0, 0.1) is 3.57 Å². The standard InChI is InChI=1S/C12H9IN6/c13-9-3-1-2-8(4-9)5-18-19-12-10-11(15-6-14-10)16-7-17-12/h1-4,6-7H,5H2,(H,14,15,16,17). The quantitative estimate of drug-likeness (QED) is 0.572. The number of nitrogens with zero attached hydrogens (tertiary/aromatic N) is 5. The molecule has 3 aromatic rings. The van der Waals surface area contributed by atoms with Gasteiger partial charge in [-0.05, 0) is 40.3 Å². The van der Waals surface area contributed by atoms with Crippen molar-refractivity contribution in [3.63, 3.8) is 0 Å². The number of halogens is 1. The fourth-order valence-corrected chi connectivity index (χ4v) is 2.26. The molecule has 6 nitrogen and oxygen atoms in total. The minimum absolute atomic E-state index is 0.508. The minimum atomic E-state index is 0.508. The van der Waals surface area contributed by atoms with Gasteiger partial charge < -0.3 is 4.98 Å². The maximum absolute atomic E-state index is 4.17. The molecule has 0 fully saturated rings. The lowest BCUT2D eigenvalue weighted by Crippen LogP contribution is -1.83. The fraction of sp³-hybridized carbons (Fsp3) is 0.0833. The third-order valence-corrected chi connectivity index (χ3v) is 3.18. The SMILES string of the molecule is Ic1cccc(CN=Nc2ncnc3nc[nH]c23)c1. The zero-order valence-electron chi connectivity index (χ0n) is 9.79. The number of imidazole rings is 1. The van der Waals surface area contributed by atoms with Crippen LogP contribution in [0.2, 0.25) is 0 Å². The first kappa shape index (κ1) is 12.2. The molecule has 2 aromatic heterocycles. The van der Waals surface area contributed by atoms with Crippen LogP contribution < -0.4 is 0 Å². The van der Waals surface area contributed by atoms with E-state index in [9.17, 15) is 0 Å². The Morgan fingerprint density at radius 2 is 2.16 bits per heavy atom. The molecule has 3 rings (SSSR count). The van der Waals surface area contributed by atoms with E-state index < -0.39 is 0 Å². The number of azo groups is 1. The van der Waals surface area contributed by atoms with Gasteiger partial charge in [0.05, 0.1) is 12.9 Å². The zero-order valence-corrected chi connectivity index (χ0v) is 11.9. The molecule has 0 aliphatic heterocycles. The van der Waals surface area contributed by atoms with Crippen LogP contribution in [-0.2, 0) is 6.54 Å². The van der Waals surface area contributed by atoms with Crippen molar-refractivity contribution in [2.45, 2.75) is 6.54 Å². The van der Waals surface area contributed by atoms with Gasteiger partial charge >= 0.3 is 0 Å². The minimum Gasteiger partial charge on any atom is -0.340 e. The van der Waals surface area contributed by atoms with E-state index in [1.54, 1.807) is 6.33 Å². The average Bonchev–Trinajstić information content (AvgIpc) is 2.88. The summed E-state index contributed by atoms with van der Waals surface area (Å²) in [6.07, 6.45) is 3.00. The van der Waals surface area contributed by atoms with Crippen LogP contribution >= 0.6 is 22.6 Å². The summed E-state index contributed by atoms with van der Waals surface area (Å²) in [5.74, 6) is 0.508. The maximum atomic E-state index is 4.17. The van der Waals surface area contributed by atoms with Gasteiger partial charge in [-0.2, -0.15) is 5.11 Å². The van der Waals surface area contributed by atoms with Crippen LogP contribution in [0.15, 0.2) is 47.1 Å². The Kier molecular flexibility index (Phi) is 3.45. The van der Waals surface area contributed by atoms with Crippen molar-refractivity contribution >= 4 is 39.6 Å². The summed E-state index contributed by atoms with van der Waals surface area (Å²) in [5.41, 5.74) is 2.41. The van der Waals surface area contributed by atoms with Crippen molar-refractivity contribution in [2.24, 2.45) is 10.2 Å². The Morgan fingerprint density at radius 1 is 1.21 bits per heavy atom. The first-order valence-corrected chi connectivity index (χ1v) is 6.67. The predicted octanol–water partition coefficient (Wildman–Crippen LogP) is 3.24. The Hall–Kier alpha value is -1.90. The predicted molar refractivity (Wildman–Crippen MR) is 79.1 cm³/mol. The Labute approximate surface area is 122 Å². The highest BCUT2D eigenvalue weighted by Crippen LogP contribution is 2.18. The number of benzene rings is 1. The summed E-state index contributed by atoms with van der Waals surface area (Å²) in [6, 6.07) is 8.14. The molecule has 0 unspecified atom stereocenters. The van der Waals surface area contributed by atoms with Crippen molar-refractivity contribution in [3.05, 3.63) is 46.1 Å². The number of H-pyrrole nitrogens is 1. The van der Waals surface area contributed by atoms with Gasteiger partial charge in [0, 0.05) is 3.57 Å². The Morgan fingerprint density at radius 3 is 3.05 bits per heavy atom. The number of aromatic nitrogens is 4. The van der Waals surface area contributed by atoms with Gasteiger partial charge in [-0.15, -0.1) is 5.11 Å². The average molecular weight is 364 g/mol. The first-order valence-electron chi connectivity index (χ1n) is 5.59. The number of hydrogen-bond donors (Lipinski definition) is 1. The van der Waals surface area contributed by atoms with E-state index in [1.165, 1.54) is 9.90 Å². The topological polar surface area (TPSA) is 79.2 Å². The Balaban J connectivity index is 1.81. The van der Waals surface area contributed by atoms with Gasteiger partial charge in [0.15, 0.2) is 5.65 Å². The largest absolute Gasteiger partial charge is 0.340 e. The molecule has 0 bridgehead atoms. The van der Waals surface area contributed by atoms with E-state index in [2.05, 4.69) is 58.8 Å². The van der Waals surface area contributed by atoms with E-state index in [0.29, 0.717) is 23.5 Å². The summed E-state index contributed by atoms with van der Waals surface area (Å²) in [6.45, 7) is 0.524. The molecular weight excluding hydrogens is 355 g/mol. The van der Waals surface area contributed by atoms with E-state index in [-0.39, 0.29) is 0 Å². The molecule has 0 saturated carbocycles. The van der Waals surface area contributed by atoms with Crippen LogP contribution in [0.1, 0.15) is 5.56 Å². The van der Waals surface area contributed by atoms with E-state index >= 15 is 0 Å². The number of rotatable bonds is 3. The lowest BCUT2D eigenvalue weighted by molar-refractivity contribution is 0.945. The molecule has 0 atom stereocenters. The molecule has 94 valence electrons. The third kappa shape index (κ3) is 2.75. The molecule has 0 spiro atoms. The zero-order chi connectivity index (χ0) is 13.1. The summed E-state index contributed by atoms with van der Waals surface area (Å²) in [7, 11) is 0. The number of aromatic amines is 1. The van der Waals surface area contributed by atoms with Gasteiger partial charge in [-0.25, -0.2) is 15.0 Å². The monoisotopic (exact) mass is 364 g/mol. The summed E-state index contributed by atoms with van der Waals surface area (Å²) in [5, 5.41) is 8.30. The van der Waals surface area contributed by atoms with Gasteiger partial charge in [0.1, 0.15) is 11.8 Å². The van der Waals surface area contributed by atoms with Crippen LogP contribution in [0.5, 0.6) is 0 Å². The lowest BCUT2D eigenvalue weighted by atomic mass is 10.2. The molecule has 0 radical (unpaired) electrons. The molecule has 7 heteroatoms. The van der Waals surface area contributed by atoms with Gasteiger partial charge in [0.25, 0.3) is 0 Å². The van der Waals surface area contributed by atoms with E-state index in [1.807, 2.05) is 18.2 Å². The summed E-state index contributed by atoms with van der Waals surface area (Å²) >= 11 is 2.27. The first-order chi connectivity index (χ1) is 9.33. The summed E-state index contributed by atoms with van der Waals surface area (Å²) in [4.78, 5) is 15.1. The smallest absolute Gasteiger partial charge is 0.203 e. The molecule has 2 heterocycles. The third-order valence-electron chi connectivity index (χ3n) is 2.51. The lowest BCUT2D eigenvalue weighted by Gasteiger charge is -1.96. The van der Waals surface area contributed by atoms with E-state index in [4.69, 9.17) is 0 Å². The highest BCUT2D eigenvalue weighted by molar-refractivity contribution is 14.1.